The molecule has 1 saturated heterocycles. The van der Waals surface area contributed by atoms with Gasteiger partial charge in [-0.25, -0.2) is 0 Å². The summed E-state index contributed by atoms with van der Waals surface area (Å²) in [6.07, 6.45) is 3.67. The number of ketones is 1. The molecule has 2 aromatic rings. The number of nitrogens with zero attached hydrogens (tertiary/aromatic N) is 1. The summed E-state index contributed by atoms with van der Waals surface area (Å²) < 4.78 is 5.23. The Labute approximate surface area is 184 Å². The average Bonchev–Trinajstić information content (AvgIpc) is 3.36. The third-order valence-corrected chi connectivity index (χ3v) is 6.39. The second-order valence-electron chi connectivity index (χ2n) is 7.54. The standard InChI is InChI=1S/C23H21Cl2NO4/c1-30-16-10-11-18(25)17(12-16)21(27)19-20(13-6-8-14(24)9-7-13)26(23(29)22(19)28)15-4-2-3-5-15/h6-12,15,20,27H,2-5H2,1H3/b21-19+. The second-order valence-corrected chi connectivity index (χ2v) is 8.39. The monoisotopic (exact) mass is 445 g/mol. The van der Waals surface area contributed by atoms with Gasteiger partial charge in [-0.15, -0.1) is 0 Å². The zero-order valence-electron chi connectivity index (χ0n) is 16.4. The van der Waals surface area contributed by atoms with Gasteiger partial charge in [-0.1, -0.05) is 48.2 Å². The number of ether oxygens (including phenoxy) is 1. The topological polar surface area (TPSA) is 66.8 Å². The van der Waals surface area contributed by atoms with Crippen molar-refractivity contribution in [3.63, 3.8) is 0 Å². The maximum atomic E-state index is 13.1. The number of carbonyl (C=O) groups is 2. The molecule has 0 radical (unpaired) electrons. The minimum absolute atomic E-state index is 0.0318. The molecule has 5 nitrogen and oxygen atoms in total. The highest BCUT2D eigenvalue weighted by Crippen LogP contribution is 2.44. The molecular formula is C23H21Cl2NO4. The van der Waals surface area contributed by atoms with E-state index in [4.69, 9.17) is 27.9 Å². The van der Waals surface area contributed by atoms with E-state index in [0.717, 1.165) is 25.7 Å². The Bertz CT molecular complexity index is 1030. The minimum Gasteiger partial charge on any atom is -0.507 e. The third kappa shape index (κ3) is 3.57. The van der Waals surface area contributed by atoms with E-state index in [-0.39, 0.29) is 28.0 Å². The molecule has 1 aliphatic heterocycles. The van der Waals surface area contributed by atoms with E-state index in [1.54, 1.807) is 47.4 Å². The predicted molar refractivity (Wildman–Crippen MR) is 116 cm³/mol. The molecular weight excluding hydrogens is 425 g/mol. The van der Waals surface area contributed by atoms with Crippen LogP contribution in [-0.4, -0.2) is 34.8 Å². The summed E-state index contributed by atoms with van der Waals surface area (Å²) in [6, 6.07) is 11.0. The van der Waals surface area contributed by atoms with Crippen LogP contribution in [0.1, 0.15) is 42.9 Å². The molecule has 0 spiro atoms. The van der Waals surface area contributed by atoms with Gasteiger partial charge in [0.05, 0.1) is 23.7 Å². The third-order valence-electron chi connectivity index (χ3n) is 5.81. The lowest BCUT2D eigenvalue weighted by atomic mass is 9.94. The van der Waals surface area contributed by atoms with Crippen LogP contribution in [0.2, 0.25) is 10.0 Å². The van der Waals surface area contributed by atoms with Crippen molar-refractivity contribution in [2.45, 2.75) is 37.8 Å². The van der Waals surface area contributed by atoms with Gasteiger partial charge in [0.1, 0.15) is 11.5 Å². The van der Waals surface area contributed by atoms with Crippen LogP contribution in [0, 0.1) is 0 Å². The van der Waals surface area contributed by atoms with Crippen molar-refractivity contribution >= 4 is 40.7 Å². The highest BCUT2D eigenvalue weighted by Gasteiger charge is 2.49. The van der Waals surface area contributed by atoms with Gasteiger partial charge in [-0.2, -0.15) is 0 Å². The fourth-order valence-corrected chi connectivity index (χ4v) is 4.67. The Morgan fingerprint density at radius 2 is 1.73 bits per heavy atom. The number of likely N-dealkylation sites (tertiary alicyclic amines) is 1. The van der Waals surface area contributed by atoms with Gasteiger partial charge < -0.3 is 14.7 Å². The molecule has 1 N–H and O–H groups in total. The van der Waals surface area contributed by atoms with E-state index in [2.05, 4.69) is 0 Å². The van der Waals surface area contributed by atoms with Crippen LogP contribution < -0.4 is 4.74 Å². The molecule has 7 heteroatoms. The molecule has 2 fully saturated rings. The van der Waals surface area contributed by atoms with Crippen LogP contribution in [0.25, 0.3) is 5.76 Å². The van der Waals surface area contributed by atoms with Gasteiger partial charge >= 0.3 is 0 Å². The molecule has 4 rings (SSSR count). The van der Waals surface area contributed by atoms with Crippen LogP contribution >= 0.6 is 23.2 Å². The molecule has 1 aliphatic carbocycles. The smallest absolute Gasteiger partial charge is 0.295 e. The number of benzene rings is 2. The molecule has 30 heavy (non-hydrogen) atoms. The van der Waals surface area contributed by atoms with Gasteiger partial charge in [-0.05, 0) is 48.7 Å². The molecule has 1 atom stereocenters. The zero-order valence-corrected chi connectivity index (χ0v) is 17.9. The summed E-state index contributed by atoms with van der Waals surface area (Å²) >= 11 is 12.4. The van der Waals surface area contributed by atoms with Gasteiger partial charge in [0, 0.05) is 16.6 Å². The van der Waals surface area contributed by atoms with Crippen molar-refractivity contribution in [1.29, 1.82) is 0 Å². The molecule has 1 saturated carbocycles. The van der Waals surface area contributed by atoms with Gasteiger partial charge in [0.2, 0.25) is 0 Å². The van der Waals surface area contributed by atoms with Crippen molar-refractivity contribution in [1.82, 2.24) is 4.90 Å². The number of rotatable bonds is 4. The maximum absolute atomic E-state index is 13.1. The fraction of sp³-hybridized carbons (Fsp3) is 0.304. The normalized spacial score (nSPS) is 21.4. The van der Waals surface area contributed by atoms with Crippen LogP contribution in [0.5, 0.6) is 5.75 Å². The lowest BCUT2D eigenvalue weighted by Gasteiger charge is -2.30. The van der Waals surface area contributed by atoms with Crippen molar-refractivity contribution in [2.24, 2.45) is 0 Å². The van der Waals surface area contributed by atoms with Crippen molar-refractivity contribution < 1.29 is 19.4 Å². The first kappa shape index (κ1) is 20.8. The lowest BCUT2D eigenvalue weighted by molar-refractivity contribution is -0.141. The van der Waals surface area contributed by atoms with E-state index in [9.17, 15) is 14.7 Å². The van der Waals surface area contributed by atoms with Crippen LogP contribution in [-0.2, 0) is 9.59 Å². The summed E-state index contributed by atoms with van der Waals surface area (Å²) in [5, 5.41) is 12.0. The molecule has 156 valence electrons. The van der Waals surface area contributed by atoms with E-state index in [0.29, 0.717) is 16.3 Å². The number of amides is 1. The number of hydrogen-bond acceptors (Lipinski definition) is 4. The molecule has 0 bridgehead atoms. The zero-order chi connectivity index (χ0) is 21.4. The number of hydrogen-bond donors (Lipinski definition) is 1. The van der Waals surface area contributed by atoms with Crippen molar-refractivity contribution in [3.8, 4) is 5.75 Å². The highest BCUT2D eigenvalue weighted by molar-refractivity contribution is 6.47. The van der Waals surface area contributed by atoms with Crippen molar-refractivity contribution in [3.05, 3.63) is 69.2 Å². The number of aliphatic hydroxyl groups is 1. The summed E-state index contributed by atoms with van der Waals surface area (Å²) in [4.78, 5) is 27.8. The Kier molecular flexibility index (Phi) is 5.76. The summed E-state index contributed by atoms with van der Waals surface area (Å²) in [5.41, 5.74) is 0.995. The number of aliphatic hydroxyl groups excluding tert-OH is 1. The summed E-state index contributed by atoms with van der Waals surface area (Å²) in [6.45, 7) is 0. The Balaban J connectivity index is 1.91. The number of Topliss-reactive ketones (excluding diaryl/α,β-unsaturated/α-hetero) is 1. The molecule has 1 unspecified atom stereocenters. The average molecular weight is 446 g/mol. The van der Waals surface area contributed by atoms with Gasteiger partial charge in [0.25, 0.3) is 11.7 Å². The highest BCUT2D eigenvalue weighted by atomic mass is 35.5. The van der Waals surface area contributed by atoms with Gasteiger partial charge in [-0.3, -0.25) is 9.59 Å². The first-order chi connectivity index (χ1) is 14.4. The summed E-state index contributed by atoms with van der Waals surface area (Å²) in [5.74, 6) is -1.13. The van der Waals surface area contributed by atoms with E-state index >= 15 is 0 Å². The van der Waals surface area contributed by atoms with Crippen LogP contribution in [0.15, 0.2) is 48.0 Å². The minimum atomic E-state index is -0.710. The second kappa shape index (κ2) is 8.32. The lowest BCUT2D eigenvalue weighted by Crippen LogP contribution is -2.37. The fourth-order valence-electron chi connectivity index (χ4n) is 4.34. The SMILES string of the molecule is COc1ccc(Cl)c(/C(O)=C2\C(=O)C(=O)N(C3CCCC3)C2c2ccc(Cl)cc2)c1. The Hall–Kier alpha value is -2.50. The quantitative estimate of drug-likeness (QED) is 0.390. The van der Waals surface area contributed by atoms with Crippen LogP contribution in [0.4, 0.5) is 0 Å². The molecule has 1 amide bonds. The number of halogens is 2. The van der Waals surface area contributed by atoms with E-state index in [1.165, 1.54) is 7.11 Å². The van der Waals surface area contributed by atoms with Crippen molar-refractivity contribution in [2.75, 3.05) is 7.11 Å². The Morgan fingerprint density at radius 1 is 1.07 bits per heavy atom. The van der Waals surface area contributed by atoms with E-state index < -0.39 is 17.7 Å². The summed E-state index contributed by atoms with van der Waals surface area (Å²) in [7, 11) is 1.50. The maximum Gasteiger partial charge on any atom is 0.295 e. The largest absolute Gasteiger partial charge is 0.507 e. The van der Waals surface area contributed by atoms with E-state index in [1.807, 2.05) is 0 Å². The molecule has 0 aromatic heterocycles. The van der Waals surface area contributed by atoms with Crippen LogP contribution in [0.3, 0.4) is 0 Å². The van der Waals surface area contributed by atoms with Gasteiger partial charge in [0.15, 0.2) is 0 Å². The molecule has 2 aromatic carbocycles. The first-order valence-corrected chi connectivity index (χ1v) is 10.6. The predicted octanol–water partition coefficient (Wildman–Crippen LogP) is 5.37. The molecule has 2 aliphatic rings. The number of carbonyl (C=O) groups excluding carboxylic acids is 2. The molecule has 1 heterocycles. The number of methoxy groups -OCH3 is 1. The first-order valence-electron chi connectivity index (χ1n) is 9.82. The Morgan fingerprint density at radius 3 is 2.37 bits per heavy atom.